The Kier molecular flexibility index (Phi) is 5.91. The minimum Gasteiger partial charge on any atom is -0.356 e. The Hall–Kier alpha value is -4.82. The Balaban J connectivity index is 1.28. The molecule has 6 aromatic rings. The van der Waals surface area contributed by atoms with Gasteiger partial charge in [0.25, 0.3) is 0 Å². The van der Waals surface area contributed by atoms with Crippen LogP contribution in [-0.2, 0) is 0 Å². The highest BCUT2D eigenvalue weighted by molar-refractivity contribution is 5.89. The van der Waals surface area contributed by atoms with Crippen molar-refractivity contribution in [2.45, 2.75) is 0 Å². The number of benzene rings is 6. The maximum Gasteiger partial charge on any atom is 0.0468 e. The molecule has 0 spiro atoms. The summed E-state index contributed by atoms with van der Waals surface area (Å²) in [6, 6.07) is 53.3. The first-order valence-electron chi connectivity index (χ1n) is 12.2. The molecular formula is C34H26N2. The van der Waals surface area contributed by atoms with E-state index in [1.54, 1.807) is 0 Å². The smallest absolute Gasteiger partial charge is 0.0468 e. The van der Waals surface area contributed by atoms with E-state index in [1.807, 2.05) is 6.07 Å². The molecular weight excluding hydrogens is 436 g/mol. The summed E-state index contributed by atoms with van der Waals surface area (Å²) < 4.78 is 0. The van der Waals surface area contributed by atoms with Crippen molar-refractivity contribution < 1.29 is 0 Å². The van der Waals surface area contributed by atoms with Crippen molar-refractivity contribution in [3.63, 3.8) is 0 Å². The Morgan fingerprint density at radius 1 is 0.361 bits per heavy atom. The van der Waals surface area contributed by atoms with E-state index >= 15 is 0 Å². The zero-order chi connectivity index (χ0) is 24.2. The van der Waals surface area contributed by atoms with E-state index in [-0.39, 0.29) is 0 Å². The highest BCUT2D eigenvalue weighted by Gasteiger charge is 2.13. The average molecular weight is 463 g/mol. The number of hydrogen-bond donors (Lipinski definition) is 1. The number of para-hydroxylation sites is 1. The van der Waals surface area contributed by atoms with Crippen LogP contribution in [-0.4, -0.2) is 0 Å². The van der Waals surface area contributed by atoms with Gasteiger partial charge < -0.3 is 10.2 Å². The third-order valence-electron chi connectivity index (χ3n) is 6.41. The van der Waals surface area contributed by atoms with Crippen LogP contribution in [0.3, 0.4) is 0 Å². The van der Waals surface area contributed by atoms with Gasteiger partial charge in [-0.3, -0.25) is 0 Å². The van der Waals surface area contributed by atoms with E-state index in [1.165, 1.54) is 21.9 Å². The van der Waals surface area contributed by atoms with Gasteiger partial charge in [0.1, 0.15) is 0 Å². The molecule has 1 N–H and O–H groups in total. The summed E-state index contributed by atoms with van der Waals surface area (Å²) in [5.41, 5.74) is 7.94. The van der Waals surface area contributed by atoms with Crippen molar-refractivity contribution in [1.82, 2.24) is 0 Å². The van der Waals surface area contributed by atoms with Gasteiger partial charge in [0.15, 0.2) is 0 Å². The van der Waals surface area contributed by atoms with Crippen LogP contribution in [0, 0.1) is 0 Å². The lowest BCUT2D eigenvalue weighted by Gasteiger charge is -2.26. The van der Waals surface area contributed by atoms with Gasteiger partial charge in [-0.25, -0.2) is 0 Å². The highest BCUT2D eigenvalue weighted by Crippen LogP contribution is 2.36. The van der Waals surface area contributed by atoms with E-state index in [4.69, 9.17) is 0 Å². The first-order chi connectivity index (χ1) is 17.8. The first-order valence-corrected chi connectivity index (χ1v) is 12.2. The lowest BCUT2D eigenvalue weighted by molar-refractivity contribution is 1.29. The molecule has 2 heteroatoms. The van der Waals surface area contributed by atoms with Crippen molar-refractivity contribution in [2.24, 2.45) is 0 Å². The zero-order valence-electron chi connectivity index (χ0n) is 19.9. The molecule has 0 fully saturated rings. The Morgan fingerprint density at radius 3 is 1.56 bits per heavy atom. The molecule has 0 saturated heterocycles. The van der Waals surface area contributed by atoms with Crippen molar-refractivity contribution in [3.8, 4) is 11.1 Å². The van der Waals surface area contributed by atoms with E-state index in [2.05, 4.69) is 156 Å². The standard InChI is InChI=1S/C34H26N2/c1-3-9-26(10-4-1)28-15-18-30(19-16-28)35-31-20-23-33(24-21-31)36(32-13-5-2-6-14-32)34-22-17-27-11-7-8-12-29(27)25-34/h1-25,35H. The molecule has 0 saturated carbocycles. The molecule has 0 aliphatic heterocycles. The van der Waals surface area contributed by atoms with Crippen molar-refractivity contribution in [2.75, 3.05) is 10.2 Å². The van der Waals surface area contributed by atoms with Gasteiger partial charge in [0.2, 0.25) is 0 Å². The molecule has 0 aromatic heterocycles. The van der Waals surface area contributed by atoms with Gasteiger partial charge in [-0.2, -0.15) is 0 Å². The molecule has 6 rings (SSSR count). The lowest BCUT2D eigenvalue weighted by Crippen LogP contribution is -2.09. The molecule has 0 aliphatic rings. The van der Waals surface area contributed by atoms with Crippen LogP contribution >= 0.6 is 0 Å². The van der Waals surface area contributed by atoms with Gasteiger partial charge >= 0.3 is 0 Å². The van der Waals surface area contributed by atoms with Crippen LogP contribution in [0.2, 0.25) is 0 Å². The molecule has 6 aromatic carbocycles. The molecule has 0 unspecified atom stereocenters. The molecule has 0 bridgehead atoms. The second kappa shape index (κ2) is 9.81. The van der Waals surface area contributed by atoms with Gasteiger partial charge in [-0.1, -0.05) is 91.0 Å². The van der Waals surface area contributed by atoms with Crippen LogP contribution in [0.25, 0.3) is 21.9 Å². The Labute approximate surface area is 212 Å². The zero-order valence-corrected chi connectivity index (χ0v) is 19.9. The summed E-state index contributed by atoms with van der Waals surface area (Å²) in [5, 5.41) is 6.01. The van der Waals surface area contributed by atoms with Crippen molar-refractivity contribution in [3.05, 3.63) is 152 Å². The number of rotatable bonds is 6. The van der Waals surface area contributed by atoms with Crippen molar-refractivity contribution >= 4 is 39.2 Å². The predicted molar refractivity (Wildman–Crippen MR) is 154 cm³/mol. The Morgan fingerprint density at radius 2 is 0.861 bits per heavy atom. The van der Waals surface area contributed by atoms with Crippen LogP contribution in [0.15, 0.2) is 152 Å². The predicted octanol–water partition coefficient (Wildman–Crippen LogP) is 9.72. The largest absolute Gasteiger partial charge is 0.356 e. The van der Waals surface area contributed by atoms with Gasteiger partial charge in [-0.15, -0.1) is 0 Å². The fourth-order valence-electron chi connectivity index (χ4n) is 4.58. The minimum absolute atomic E-state index is 1.05. The second-order valence-corrected chi connectivity index (χ2v) is 8.82. The normalized spacial score (nSPS) is 10.8. The fourth-order valence-corrected chi connectivity index (χ4v) is 4.58. The summed E-state index contributed by atoms with van der Waals surface area (Å²) in [4.78, 5) is 2.30. The van der Waals surface area contributed by atoms with Crippen molar-refractivity contribution in [1.29, 1.82) is 0 Å². The summed E-state index contributed by atoms with van der Waals surface area (Å²) in [5.74, 6) is 0. The van der Waals surface area contributed by atoms with E-state index in [0.29, 0.717) is 0 Å². The SMILES string of the molecule is c1ccc(-c2ccc(Nc3ccc(N(c4ccccc4)c4ccc5ccccc5c4)cc3)cc2)cc1. The molecule has 0 heterocycles. The minimum atomic E-state index is 1.05. The second-order valence-electron chi connectivity index (χ2n) is 8.82. The van der Waals surface area contributed by atoms with Gasteiger partial charge in [0, 0.05) is 28.4 Å². The monoisotopic (exact) mass is 462 g/mol. The number of anilines is 5. The van der Waals surface area contributed by atoms with Crippen LogP contribution in [0.1, 0.15) is 0 Å². The molecule has 0 amide bonds. The molecule has 36 heavy (non-hydrogen) atoms. The molecule has 2 nitrogen and oxygen atoms in total. The number of fused-ring (bicyclic) bond motifs is 1. The molecule has 0 radical (unpaired) electrons. The molecule has 0 atom stereocenters. The lowest BCUT2D eigenvalue weighted by atomic mass is 10.1. The van der Waals surface area contributed by atoms with Crippen LogP contribution < -0.4 is 10.2 Å². The Bertz CT molecular complexity index is 1570. The average Bonchev–Trinajstić information content (AvgIpc) is 2.96. The first kappa shape index (κ1) is 21.7. The summed E-state index contributed by atoms with van der Waals surface area (Å²) in [6.07, 6.45) is 0. The molecule has 0 aliphatic carbocycles. The quantitative estimate of drug-likeness (QED) is 0.265. The topological polar surface area (TPSA) is 15.3 Å². The van der Waals surface area contributed by atoms with Crippen LogP contribution in [0.4, 0.5) is 28.4 Å². The fraction of sp³-hybridized carbons (Fsp3) is 0. The molecule has 172 valence electrons. The van der Waals surface area contributed by atoms with Gasteiger partial charge in [-0.05, 0) is 82.6 Å². The maximum absolute atomic E-state index is 3.53. The highest BCUT2D eigenvalue weighted by atomic mass is 15.1. The summed E-state index contributed by atoms with van der Waals surface area (Å²) in [6.45, 7) is 0. The van der Waals surface area contributed by atoms with Crippen LogP contribution in [0.5, 0.6) is 0 Å². The number of nitrogens with zero attached hydrogens (tertiary/aromatic N) is 1. The number of hydrogen-bond acceptors (Lipinski definition) is 2. The van der Waals surface area contributed by atoms with E-state index < -0.39 is 0 Å². The van der Waals surface area contributed by atoms with E-state index in [9.17, 15) is 0 Å². The summed E-state index contributed by atoms with van der Waals surface area (Å²) >= 11 is 0. The summed E-state index contributed by atoms with van der Waals surface area (Å²) in [7, 11) is 0. The van der Waals surface area contributed by atoms with E-state index in [0.717, 1.165) is 28.4 Å². The van der Waals surface area contributed by atoms with Gasteiger partial charge in [0.05, 0.1) is 0 Å². The number of nitrogens with one attached hydrogen (secondary N) is 1. The maximum atomic E-state index is 3.53. The third kappa shape index (κ3) is 4.57. The third-order valence-corrected chi connectivity index (χ3v) is 6.41.